The van der Waals surface area contributed by atoms with Crippen LogP contribution in [0.4, 0.5) is 0 Å². The van der Waals surface area contributed by atoms with E-state index in [0.717, 1.165) is 0 Å². The summed E-state index contributed by atoms with van der Waals surface area (Å²) in [5, 5.41) is 19.0. The van der Waals surface area contributed by atoms with Gasteiger partial charge in [0.15, 0.2) is 0 Å². The smallest absolute Gasteiger partial charge is 0.336 e. The highest BCUT2D eigenvalue weighted by atomic mass is 35.5. The van der Waals surface area contributed by atoms with E-state index in [9.17, 15) is 19.8 Å². The molecule has 0 unspecified atom stereocenters. The van der Waals surface area contributed by atoms with Gasteiger partial charge in [-0.25, -0.2) is 9.59 Å². The lowest BCUT2D eigenvalue weighted by Crippen LogP contribution is -2.07. The van der Waals surface area contributed by atoms with Crippen LogP contribution in [0.15, 0.2) is 36.4 Å². The Morgan fingerprint density at radius 3 is 1.52 bits per heavy atom. The summed E-state index contributed by atoms with van der Waals surface area (Å²) in [6, 6.07) is 8.97. The van der Waals surface area contributed by atoms with Crippen LogP contribution in [-0.2, 0) is 6.42 Å². The van der Waals surface area contributed by atoms with Gasteiger partial charge in [-0.1, -0.05) is 35.3 Å². The molecule has 0 saturated heterocycles. The zero-order valence-electron chi connectivity index (χ0n) is 10.6. The molecule has 0 amide bonds. The fourth-order valence-electron chi connectivity index (χ4n) is 2.01. The van der Waals surface area contributed by atoms with Gasteiger partial charge in [0.2, 0.25) is 0 Å². The highest BCUT2D eigenvalue weighted by molar-refractivity contribution is 6.31. The van der Waals surface area contributed by atoms with Gasteiger partial charge in [0.05, 0.1) is 11.1 Å². The number of hydrogen-bond donors (Lipinski definition) is 2. The molecule has 0 aliphatic carbocycles. The molecule has 0 radical (unpaired) electrons. The van der Waals surface area contributed by atoms with Crippen molar-refractivity contribution in [3.8, 4) is 0 Å². The Kier molecular flexibility index (Phi) is 4.50. The fourth-order valence-corrected chi connectivity index (χ4v) is 2.35. The molecule has 2 rings (SSSR count). The van der Waals surface area contributed by atoms with Crippen molar-refractivity contribution in [3.05, 3.63) is 68.7 Å². The van der Waals surface area contributed by atoms with Crippen molar-refractivity contribution in [3.63, 3.8) is 0 Å². The zero-order valence-corrected chi connectivity index (χ0v) is 12.1. The molecular formula is C15H10Cl2O4. The Morgan fingerprint density at radius 2 is 1.19 bits per heavy atom. The second-order valence-corrected chi connectivity index (χ2v) is 5.26. The number of carboxylic acid groups (broad SMARTS) is 2. The first-order valence-corrected chi connectivity index (χ1v) is 6.67. The summed E-state index contributed by atoms with van der Waals surface area (Å²) in [5.74, 6) is -2.23. The summed E-state index contributed by atoms with van der Waals surface area (Å²) >= 11 is 11.6. The predicted molar refractivity (Wildman–Crippen MR) is 79.6 cm³/mol. The molecule has 0 aliphatic heterocycles. The van der Waals surface area contributed by atoms with Gasteiger partial charge in [0.1, 0.15) is 0 Å². The number of benzene rings is 2. The summed E-state index contributed by atoms with van der Waals surface area (Å²) in [6.45, 7) is 0. The second-order valence-electron chi connectivity index (χ2n) is 4.39. The third-order valence-corrected chi connectivity index (χ3v) is 3.46. The molecule has 2 N–H and O–H groups in total. The number of aromatic carboxylic acids is 2. The minimum atomic E-state index is -1.11. The molecule has 6 heteroatoms. The first-order valence-electron chi connectivity index (χ1n) is 5.92. The molecule has 0 atom stereocenters. The average Bonchev–Trinajstić information content (AvgIpc) is 2.42. The standard InChI is InChI=1S/C15H10Cl2O4/c16-10-3-1-8(12(6-10)14(18)19)5-9-2-4-11(17)7-13(9)15(20)21/h1-4,6-7H,5H2,(H,18,19)(H,20,21). The maximum atomic E-state index is 11.2. The minimum absolute atomic E-state index is 0.0498. The lowest BCUT2D eigenvalue weighted by atomic mass is 9.96. The Bertz CT molecular complexity index is 664. The zero-order chi connectivity index (χ0) is 15.6. The largest absolute Gasteiger partial charge is 0.478 e. The Labute approximate surface area is 130 Å². The van der Waals surface area contributed by atoms with Crippen LogP contribution in [0, 0.1) is 0 Å². The number of halogens is 2. The minimum Gasteiger partial charge on any atom is -0.478 e. The van der Waals surface area contributed by atoms with Gasteiger partial charge >= 0.3 is 11.9 Å². The molecule has 2 aromatic carbocycles. The average molecular weight is 325 g/mol. The van der Waals surface area contributed by atoms with Crippen molar-refractivity contribution < 1.29 is 19.8 Å². The fraction of sp³-hybridized carbons (Fsp3) is 0.0667. The SMILES string of the molecule is O=C(O)c1cc(Cl)ccc1Cc1ccc(Cl)cc1C(=O)O. The van der Waals surface area contributed by atoms with E-state index in [1.54, 1.807) is 24.3 Å². The van der Waals surface area contributed by atoms with Crippen LogP contribution in [0.3, 0.4) is 0 Å². The first-order chi connectivity index (χ1) is 9.88. The van der Waals surface area contributed by atoms with Crippen LogP contribution >= 0.6 is 23.2 Å². The molecule has 0 saturated carbocycles. The van der Waals surface area contributed by atoms with Gasteiger partial charge in [-0.15, -0.1) is 0 Å². The molecule has 21 heavy (non-hydrogen) atoms. The van der Waals surface area contributed by atoms with E-state index < -0.39 is 11.9 Å². The summed E-state index contributed by atoms with van der Waals surface area (Å²) < 4.78 is 0. The molecule has 0 aliphatic rings. The lowest BCUT2D eigenvalue weighted by Gasteiger charge is -2.10. The van der Waals surface area contributed by atoms with Crippen LogP contribution in [0.2, 0.25) is 10.0 Å². The van der Waals surface area contributed by atoms with Gasteiger partial charge < -0.3 is 10.2 Å². The molecule has 0 bridgehead atoms. The first kappa shape index (κ1) is 15.4. The highest BCUT2D eigenvalue weighted by Gasteiger charge is 2.15. The van der Waals surface area contributed by atoms with Crippen LogP contribution in [0.5, 0.6) is 0 Å². The van der Waals surface area contributed by atoms with Crippen LogP contribution in [0.25, 0.3) is 0 Å². The topological polar surface area (TPSA) is 74.6 Å². The number of carbonyl (C=O) groups is 2. The number of hydrogen-bond acceptors (Lipinski definition) is 2. The van der Waals surface area contributed by atoms with Crippen LogP contribution in [-0.4, -0.2) is 22.2 Å². The van der Waals surface area contributed by atoms with Gasteiger partial charge in [-0.05, 0) is 41.8 Å². The van der Waals surface area contributed by atoms with Crippen molar-refractivity contribution in [2.24, 2.45) is 0 Å². The molecule has 4 nitrogen and oxygen atoms in total. The van der Waals surface area contributed by atoms with Crippen molar-refractivity contribution in [2.75, 3.05) is 0 Å². The quantitative estimate of drug-likeness (QED) is 0.891. The molecule has 0 aromatic heterocycles. The van der Waals surface area contributed by atoms with E-state index in [4.69, 9.17) is 23.2 Å². The van der Waals surface area contributed by atoms with E-state index in [1.807, 2.05) is 0 Å². The maximum Gasteiger partial charge on any atom is 0.336 e. The van der Waals surface area contributed by atoms with E-state index in [0.29, 0.717) is 21.2 Å². The van der Waals surface area contributed by atoms with Crippen molar-refractivity contribution in [1.82, 2.24) is 0 Å². The van der Waals surface area contributed by atoms with Crippen molar-refractivity contribution in [1.29, 1.82) is 0 Å². The lowest BCUT2D eigenvalue weighted by molar-refractivity contribution is 0.0686. The van der Waals surface area contributed by atoms with E-state index in [1.165, 1.54) is 12.1 Å². The third-order valence-electron chi connectivity index (χ3n) is 2.99. The van der Waals surface area contributed by atoms with Gasteiger partial charge in [-0.3, -0.25) is 0 Å². The van der Waals surface area contributed by atoms with E-state index in [-0.39, 0.29) is 17.5 Å². The predicted octanol–water partition coefficient (Wildman–Crippen LogP) is 3.98. The molecule has 0 fully saturated rings. The van der Waals surface area contributed by atoms with Crippen LogP contribution in [0.1, 0.15) is 31.8 Å². The highest BCUT2D eigenvalue weighted by Crippen LogP contribution is 2.23. The Morgan fingerprint density at radius 1 is 0.810 bits per heavy atom. The number of rotatable bonds is 4. The summed E-state index contributed by atoms with van der Waals surface area (Å²) in [5.41, 5.74) is 1.07. The molecule has 0 heterocycles. The Balaban J connectivity index is 2.48. The third kappa shape index (κ3) is 3.54. The summed E-state index contributed by atoms with van der Waals surface area (Å²) in [6.07, 6.45) is 0.164. The molecule has 0 spiro atoms. The summed E-state index contributed by atoms with van der Waals surface area (Å²) in [7, 11) is 0. The molecular weight excluding hydrogens is 315 g/mol. The summed E-state index contributed by atoms with van der Waals surface area (Å²) in [4.78, 5) is 22.5. The molecule has 108 valence electrons. The van der Waals surface area contributed by atoms with E-state index in [2.05, 4.69) is 0 Å². The Hall–Kier alpha value is -2.04. The van der Waals surface area contributed by atoms with Gasteiger partial charge in [0.25, 0.3) is 0 Å². The number of carboxylic acids is 2. The van der Waals surface area contributed by atoms with Gasteiger partial charge in [0, 0.05) is 10.0 Å². The van der Waals surface area contributed by atoms with Crippen molar-refractivity contribution >= 4 is 35.1 Å². The normalized spacial score (nSPS) is 10.4. The van der Waals surface area contributed by atoms with Crippen LogP contribution < -0.4 is 0 Å². The van der Waals surface area contributed by atoms with E-state index >= 15 is 0 Å². The second kappa shape index (κ2) is 6.16. The molecule has 2 aromatic rings. The van der Waals surface area contributed by atoms with Gasteiger partial charge in [-0.2, -0.15) is 0 Å². The monoisotopic (exact) mass is 324 g/mol. The van der Waals surface area contributed by atoms with Crippen molar-refractivity contribution in [2.45, 2.75) is 6.42 Å². The maximum absolute atomic E-state index is 11.2.